The van der Waals surface area contributed by atoms with Gasteiger partial charge in [-0.3, -0.25) is 14.3 Å². The third kappa shape index (κ3) is 4.19. The van der Waals surface area contributed by atoms with E-state index in [0.29, 0.717) is 0 Å². The van der Waals surface area contributed by atoms with Crippen molar-refractivity contribution >= 4 is 23.2 Å². The van der Waals surface area contributed by atoms with Gasteiger partial charge in [0, 0.05) is 10.6 Å². The number of hydrogen-bond acceptors (Lipinski definition) is 5. The molecule has 2 heterocycles. The minimum atomic E-state index is -0.455. The van der Waals surface area contributed by atoms with E-state index in [2.05, 4.69) is 10.4 Å². The van der Waals surface area contributed by atoms with Gasteiger partial charge in [0.15, 0.2) is 0 Å². The summed E-state index contributed by atoms with van der Waals surface area (Å²) in [5, 5.41) is 9.19. The molecule has 0 aliphatic carbocycles. The maximum absolute atomic E-state index is 12.6. The number of methoxy groups -OCH3 is 1. The van der Waals surface area contributed by atoms with E-state index in [0.717, 1.165) is 16.3 Å². The molecule has 2 rings (SSSR count). The summed E-state index contributed by atoms with van der Waals surface area (Å²) in [5.74, 6) is -0.541. The Balaban J connectivity index is 2.13. The minimum Gasteiger partial charge on any atom is -0.469 e. The highest BCUT2D eigenvalue weighted by Gasteiger charge is 2.24. The summed E-state index contributed by atoms with van der Waals surface area (Å²) in [5.41, 5.74) is 1.79. The zero-order valence-electron chi connectivity index (χ0n) is 13.7. The predicted molar refractivity (Wildman–Crippen MR) is 88.2 cm³/mol. The fourth-order valence-corrected chi connectivity index (χ4v) is 3.18. The molecule has 6 nitrogen and oxygen atoms in total. The molecule has 0 saturated heterocycles. The average Bonchev–Trinajstić information content (AvgIpc) is 3.15. The molecule has 7 heteroatoms. The van der Waals surface area contributed by atoms with E-state index in [1.54, 1.807) is 11.6 Å². The van der Waals surface area contributed by atoms with E-state index in [9.17, 15) is 9.59 Å². The van der Waals surface area contributed by atoms with Crippen LogP contribution in [0.5, 0.6) is 0 Å². The SMILES string of the molecule is COC(=O)C[C@H](NC(=O)[C@H](C)n1nc(C)cc1C)c1cccs1. The van der Waals surface area contributed by atoms with Crippen LogP contribution in [0.15, 0.2) is 23.6 Å². The molecule has 124 valence electrons. The largest absolute Gasteiger partial charge is 0.469 e. The molecule has 0 radical (unpaired) electrons. The summed E-state index contributed by atoms with van der Waals surface area (Å²) < 4.78 is 6.41. The first kappa shape index (κ1) is 17.2. The molecule has 0 aliphatic heterocycles. The lowest BCUT2D eigenvalue weighted by atomic mass is 10.1. The van der Waals surface area contributed by atoms with Crippen molar-refractivity contribution in [2.24, 2.45) is 0 Å². The fraction of sp³-hybridized carbons (Fsp3) is 0.438. The summed E-state index contributed by atoms with van der Waals surface area (Å²) in [7, 11) is 1.34. The monoisotopic (exact) mass is 335 g/mol. The van der Waals surface area contributed by atoms with Gasteiger partial charge in [-0.05, 0) is 38.3 Å². The zero-order chi connectivity index (χ0) is 17.0. The lowest BCUT2D eigenvalue weighted by Gasteiger charge is -2.20. The van der Waals surface area contributed by atoms with Gasteiger partial charge in [-0.25, -0.2) is 0 Å². The van der Waals surface area contributed by atoms with E-state index >= 15 is 0 Å². The number of carbonyl (C=O) groups is 2. The number of nitrogens with one attached hydrogen (secondary N) is 1. The Morgan fingerprint density at radius 3 is 2.70 bits per heavy atom. The van der Waals surface area contributed by atoms with E-state index in [1.807, 2.05) is 37.4 Å². The third-order valence-electron chi connectivity index (χ3n) is 3.59. The molecule has 0 bridgehead atoms. The number of esters is 1. The number of nitrogens with zero attached hydrogens (tertiary/aromatic N) is 2. The highest BCUT2D eigenvalue weighted by Crippen LogP contribution is 2.23. The number of aryl methyl sites for hydroxylation is 2. The lowest BCUT2D eigenvalue weighted by Crippen LogP contribution is -2.35. The molecule has 0 unspecified atom stereocenters. The highest BCUT2D eigenvalue weighted by atomic mass is 32.1. The zero-order valence-corrected chi connectivity index (χ0v) is 14.5. The van der Waals surface area contributed by atoms with Crippen molar-refractivity contribution in [2.75, 3.05) is 7.11 Å². The Kier molecular flexibility index (Phi) is 5.54. The summed E-state index contributed by atoms with van der Waals surface area (Å²) in [6.07, 6.45) is 0.104. The van der Waals surface area contributed by atoms with Crippen LogP contribution in [-0.2, 0) is 14.3 Å². The topological polar surface area (TPSA) is 73.2 Å². The van der Waals surface area contributed by atoms with Crippen LogP contribution in [0.25, 0.3) is 0 Å². The Morgan fingerprint density at radius 1 is 1.43 bits per heavy atom. The minimum absolute atomic E-state index is 0.104. The molecule has 2 aromatic rings. The van der Waals surface area contributed by atoms with Crippen LogP contribution < -0.4 is 5.32 Å². The standard InChI is InChI=1S/C16H21N3O3S/c1-10-8-11(2)19(18-10)12(3)16(21)17-13(9-15(20)22-4)14-6-5-7-23-14/h5-8,12-13H,9H2,1-4H3,(H,17,21)/t12-,13-/m0/s1. The van der Waals surface area contributed by atoms with Gasteiger partial charge >= 0.3 is 5.97 Å². The van der Waals surface area contributed by atoms with Crippen molar-refractivity contribution in [3.63, 3.8) is 0 Å². The van der Waals surface area contributed by atoms with Crippen molar-refractivity contribution in [1.29, 1.82) is 0 Å². The van der Waals surface area contributed by atoms with Gasteiger partial charge in [-0.1, -0.05) is 6.07 Å². The molecule has 1 amide bonds. The van der Waals surface area contributed by atoms with Crippen LogP contribution in [0, 0.1) is 13.8 Å². The molecular weight excluding hydrogens is 314 g/mol. The number of rotatable bonds is 6. The maximum atomic E-state index is 12.6. The number of ether oxygens (including phenoxy) is 1. The quantitative estimate of drug-likeness (QED) is 0.823. The number of hydrogen-bond donors (Lipinski definition) is 1. The van der Waals surface area contributed by atoms with Crippen molar-refractivity contribution in [3.8, 4) is 0 Å². The maximum Gasteiger partial charge on any atom is 0.307 e. The van der Waals surface area contributed by atoms with Crippen molar-refractivity contribution in [3.05, 3.63) is 39.8 Å². The summed E-state index contributed by atoms with van der Waals surface area (Å²) in [6.45, 7) is 5.59. The Morgan fingerprint density at radius 2 is 2.17 bits per heavy atom. The smallest absolute Gasteiger partial charge is 0.307 e. The van der Waals surface area contributed by atoms with Gasteiger partial charge < -0.3 is 10.1 Å². The molecule has 0 fully saturated rings. The molecule has 0 aliphatic rings. The normalized spacial score (nSPS) is 13.4. The molecule has 0 saturated carbocycles. The van der Waals surface area contributed by atoms with Crippen molar-refractivity contribution in [1.82, 2.24) is 15.1 Å². The van der Waals surface area contributed by atoms with Crippen LogP contribution in [0.4, 0.5) is 0 Å². The Labute approximate surface area is 139 Å². The van der Waals surface area contributed by atoms with Crippen LogP contribution in [-0.4, -0.2) is 28.8 Å². The number of carbonyl (C=O) groups excluding carboxylic acids is 2. The lowest BCUT2D eigenvalue weighted by molar-refractivity contribution is -0.141. The van der Waals surface area contributed by atoms with Gasteiger partial charge in [0.1, 0.15) is 6.04 Å². The molecule has 2 atom stereocenters. The third-order valence-corrected chi connectivity index (χ3v) is 4.58. The van der Waals surface area contributed by atoms with Gasteiger partial charge in [0.2, 0.25) is 5.91 Å². The molecule has 1 N–H and O–H groups in total. The summed E-state index contributed by atoms with van der Waals surface area (Å²) >= 11 is 1.50. The first-order chi connectivity index (χ1) is 10.9. The number of thiophene rings is 1. The molecule has 0 aromatic carbocycles. The average molecular weight is 335 g/mol. The Hall–Kier alpha value is -2.15. The van der Waals surface area contributed by atoms with Gasteiger partial charge in [0.05, 0.1) is 25.3 Å². The van der Waals surface area contributed by atoms with E-state index in [-0.39, 0.29) is 18.3 Å². The second kappa shape index (κ2) is 7.41. The Bertz CT molecular complexity index is 679. The molecule has 23 heavy (non-hydrogen) atoms. The van der Waals surface area contributed by atoms with Gasteiger partial charge in [-0.15, -0.1) is 11.3 Å². The van der Waals surface area contributed by atoms with E-state index in [1.165, 1.54) is 18.4 Å². The highest BCUT2D eigenvalue weighted by molar-refractivity contribution is 7.10. The second-order valence-electron chi connectivity index (χ2n) is 5.40. The van der Waals surface area contributed by atoms with Crippen molar-refractivity contribution < 1.29 is 14.3 Å². The molecule has 0 spiro atoms. The summed E-state index contributed by atoms with van der Waals surface area (Å²) in [6, 6.07) is 4.86. The van der Waals surface area contributed by atoms with Crippen LogP contribution in [0.1, 0.15) is 41.7 Å². The molecule has 2 aromatic heterocycles. The fourth-order valence-electron chi connectivity index (χ4n) is 2.40. The van der Waals surface area contributed by atoms with Gasteiger partial charge in [-0.2, -0.15) is 5.10 Å². The van der Waals surface area contributed by atoms with Gasteiger partial charge in [0.25, 0.3) is 0 Å². The summed E-state index contributed by atoms with van der Waals surface area (Å²) in [4.78, 5) is 25.1. The first-order valence-electron chi connectivity index (χ1n) is 7.35. The number of aromatic nitrogens is 2. The van der Waals surface area contributed by atoms with E-state index < -0.39 is 12.1 Å². The number of amides is 1. The molecular formula is C16H21N3O3S. The first-order valence-corrected chi connectivity index (χ1v) is 8.23. The van der Waals surface area contributed by atoms with Crippen molar-refractivity contribution in [2.45, 2.75) is 39.3 Å². The van der Waals surface area contributed by atoms with Crippen LogP contribution in [0.2, 0.25) is 0 Å². The van der Waals surface area contributed by atoms with Crippen LogP contribution in [0.3, 0.4) is 0 Å². The second-order valence-corrected chi connectivity index (χ2v) is 6.38. The van der Waals surface area contributed by atoms with Crippen LogP contribution >= 0.6 is 11.3 Å². The predicted octanol–water partition coefficient (Wildman–Crippen LogP) is 2.54. The van der Waals surface area contributed by atoms with E-state index in [4.69, 9.17) is 4.74 Å².